The molecule has 1 saturated heterocycles. The van der Waals surface area contributed by atoms with Crippen LogP contribution in [0.5, 0.6) is 0 Å². The molecule has 4 nitrogen and oxygen atoms in total. The zero-order valence-electron chi connectivity index (χ0n) is 11.5. The van der Waals surface area contributed by atoms with E-state index in [0.717, 1.165) is 32.5 Å². The van der Waals surface area contributed by atoms with E-state index in [1.807, 2.05) is 0 Å². The fourth-order valence-corrected chi connectivity index (χ4v) is 2.60. The van der Waals surface area contributed by atoms with E-state index in [0.29, 0.717) is 18.6 Å². The predicted molar refractivity (Wildman–Crippen MR) is 72.3 cm³/mol. The van der Waals surface area contributed by atoms with Crippen molar-refractivity contribution in [3.05, 3.63) is 18.0 Å². The van der Waals surface area contributed by atoms with Crippen molar-refractivity contribution in [3.8, 4) is 0 Å². The molecule has 2 heterocycles. The van der Waals surface area contributed by atoms with Crippen LogP contribution < -0.4 is 0 Å². The van der Waals surface area contributed by atoms with Gasteiger partial charge in [0.15, 0.2) is 0 Å². The summed E-state index contributed by atoms with van der Waals surface area (Å²) in [4.78, 5) is 2.45. The van der Waals surface area contributed by atoms with Gasteiger partial charge < -0.3 is 5.11 Å². The van der Waals surface area contributed by atoms with Crippen LogP contribution >= 0.6 is 0 Å². The summed E-state index contributed by atoms with van der Waals surface area (Å²) in [6, 6.07) is 2.62. The Labute approximate surface area is 110 Å². The van der Waals surface area contributed by atoms with Crippen LogP contribution in [0.15, 0.2) is 12.3 Å². The molecule has 4 heteroatoms. The molecule has 2 unspecified atom stereocenters. The Morgan fingerprint density at radius 2 is 2.39 bits per heavy atom. The lowest BCUT2D eigenvalue weighted by molar-refractivity contribution is 0.248. The number of likely N-dealkylation sites (tertiary alicyclic amines) is 1. The molecule has 1 aromatic rings. The minimum absolute atomic E-state index is 0.321. The SMILES string of the molecule is CCC(C)n1ccc(CN2CCC(CCO)C2)n1. The Balaban J connectivity index is 1.85. The molecule has 0 aromatic carbocycles. The molecule has 0 spiro atoms. The summed E-state index contributed by atoms with van der Waals surface area (Å²) in [7, 11) is 0. The second-order valence-electron chi connectivity index (χ2n) is 5.45. The maximum Gasteiger partial charge on any atom is 0.0764 e. The highest BCUT2D eigenvalue weighted by molar-refractivity contribution is 5.00. The molecule has 0 saturated carbocycles. The van der Waals surface area contributed by atoms with Crippen molar-refractivity contribution in [1.82, 2.24) is 14.7 Å². The fraction of sp³-hybridized carbons (Fsp3) is 0.786. The van der Waals surface area contributed by atoms with E-state index < -0.39 is 0 Å². The summed E-state index contributed by atoms with van der Waals surface area (Å²) in [5.74, 6) is 0.673. The number of aromatic nitrogens is 2. The van der Waals surface area contributed by atoms with Crippen LogP contribution in [0.25, 0.3) is 0 Å². The Bertz CT molecular complexity index is 364. The summed E-state index contributed by atoms with van der Waals surface area (Å²) in [6.45, 7) is 7.90. The first-order chi connectivity index (χ1) is 8.72. The molecule has 2 rings (SSSR count). The third-order valence-corrected chi connectivity index (χ3v) is 4.00. The molecule has 0 radical (unpaired) electrons. The highest BCUT2D eigenvalue weighted by Crippen LogP contribution is 2.21. The van der Waals surface area contributed by atoms with Gasteiger partial charge in [-0.2, -0.15) is 5.10 Å². The second-order valence-corrected chi connectivity index (χ2v) is 5.45. The van der Waals surface area contributed by atoms with Crippen LogP contribution in [0.3, 0.4) is 0 Å². The van der Waals surface area contributed by atoms with E-state index in [1.54, 1.807) is 0 Å². The molecule has 18 heavy (non-hydrogen) atoms. The van der Waals surface area contributed by atoms with Crippen molar-refractivity contribution >= 4 is 0 Å². The van der Waals surface area contributed by atoms with Crippen molar-refractivity contribution in [2.24, 2.45) is 5.92 Å². The lowest BCUT2D eigenvalue weighted by Gasteiger charge is -2.14. The van der Waals surface area contributed by atoms with E-state index >= 15 is 0 Å². The molecule has 1 aliphatic rings. The van der Waals surface area contributed by atoms with E-state index in [2.05, 4.69) is 40.8 Å². The molecule has 0 aliphatic carbocycles. The topological polar surface area (TPSA) is 41.3 Å². The minimum Gasteiger partial charge on any atom is -0.396 e. The standard InChI is InChI=1S/C14H25N3O/c1-3-12(2)17-8-5-14(15-17)11-16-7-4-13(10-16)6-9-18/h5,8,12-13,18H,3-4,6-7,9-11H2,1-2H3. The Morgan fingerprint density at radius 1 is 1.56 bits per heavy atom. The fourth-order valence-electron chi connectivity index (χ4n) is 2.60. The molecule has 0 amide bonds. The first-order valence-corrected chi connectivity index (χ1v) is 7.10. The molecule has 1 aromatic heterocycles. The largest absolute Gasteiger partial charge is 0.396 e. The number of nitrogens with zero attached hydrogens (tertiary/aromatic N) is 3. The normalized spacial score (nSPS) is 22.5. The van der Waals surface area contributed by atoms with E-state index in [1.165, 1.54) is 12.1 Å². The van der Waals surface area contributed by atoms with Gasteiger partial charge in [-0.3, -0.25) is 9.58 Å². The van der Waals surface area contributed by atoms with Gasteiger partial charge in [-0.05, 0) is 44.7 Å². The van der Waals surface area contributed by atoms with Gasteiger partial charge in [0.2, 0.25) is 0 Å². The molecule has 1 aliphatic heterocycles. The Hall–Kier alpha value is -0.870. The van der Waals surface area contributed by atoms with Crippen LogP contribution in [0.4, 0.5) is 0 Å². The van der Waals surface area contributed by atoms with Gasteiger partial charge in [0.1, 0.15) is 0 Å². The van der Waals surface area contributed by atoms with Crippen molar-refractivity contribution in [2.45, 2.75) is 45.7 Å². The maximum atomic E-state index is 8.96. The van der Waals surface area contributed by atoms with Crippen LogP contribution in [-0.4, -0.2) is 39.5 Å². The number of rotatable bonds is 6. The quantitative estimate of drug-likeness (QED) is 0.841. The molecule has 2 atom stereocenters. The predicted octanol–water partition coefficient (Wildman–Crippen LogP) is 2.06. The second kappa shape index (κ2) is 6.34. The first-order valence-electron chi connectivity index (χ1n) is 7.10. The van der Waals surface area contributed by atoms with E-state index in [-0.39, 0.29) is 0 Å². The molecule has 0 bridgehead atoms. The Morgan fingerprint density at radius 3 is 3.11 bits per heavy atom. The summed E-state index contributed by atoms with van der Waals surface area (Å²) in [6.07, 6.45) is 5.36. The molecule has 1 fully saturated rings. The third-order valence-electron chi connectivity index (χ3n) is 4.00. The molecule has 102 valence electrons. The van der Waals surface area contributed by atoms with Crippen LogP contribution in [0, 0.1) is 5.92 Å². The molecular weight excluding hydrogens is 226 g/mol. The van der Waals surface area contributed by atoms with E-state index in [4.69, 9.17) is 5.11 Å². The minimum atomic E-state index is 0.321. The smallest absolute Gasteiger partial charge is 0.0764 e. The van der Waals surface area contributed by atoms with Crippen LogP contribution in [-0.2, 0) is 6.54 Å². The van der Waals surface area contributed by atoms with Crippen molar-refractivity contribution in [1.29, 1.82) is 0 Å². The summed E-state index contributed by atoms with van der Waals surface area (Å²) < 4.78 is 2.07. The zero-order chi connectivity index (χ0) is 13.0. The zero-order valence-corrected chi connectivity index (χ0v) is 11.5. The van der Waals surface area contributed by atoms with Gasteiger partial charge >= 0.3 is 0 Å². The number of aliphatic hydroxyl groups excluding tert-OH is 1. The van der Waals surface area contributed by atoms with Crippen molar-refractivity contribution in [3.63, 3.8) is 0 Å². The maximum absolute atomic E-state index is 8.96. The number of hydrogen-bond donors (Lipinski definition) is 1. The molecular formula is C14H25N3O. The van der Waals surface area contributed by atoms with Crippen molar-refractivity contribution < 1.29 is 5.11 Å². The summed E-state index contributed by atoms with van der Waals surface area (Å²) in [5.41, 5.74) is 1.17. The first kappa shape index (κ1) is 13.6. The third kappa shape index (κ3) is 3.33. The lowest BCUT2D eigenvalue weighted by Crippen LogP contribution is -2.21. The molecule has 1 N–H and O–H groups in total. The van der Waals surface area contributed by atoms with Gasteiger partial charge in [0.25, 0.3) is 0 Å². The van der Waals surface area contributed by atoms with Crippen LogP contribution in [0.2, 0.25) is 0 Å². The van der Waals surface area contributed by atoms with Gasteiger partial charge in [-0.1, -0.05) is 6.92 Å². The number of hydrogen-bond acceptors (Lipinski definition) is 3. The van der Waals surface area contributed by atoms with Crippen molar-refractivity contribution in [2.75, 3.05) is 19.7 Å². The average Bonchev–Trinajstić information content (AvgIpc) is 2.99. The Kier molecular flexibility index (Phi) is 4.78. The highest BCUT2D eigenvalue weighted by Gasteiger charge is 2.22. The summed E-state index contributed by atoms with van der Waals surface area (Å²) >= 11 is 0. The highest BCUT2D eigenvalue weighted by atomic mass is 16.3. The van der Waals surface area contributed by atoms with E-state index in [9.17, 15) is 0 Å². The monoisotopic (exact) mass is 251 g/mol. The van der Waals surface area contributed by atoms with Gasteiger partial charge in [0, 0.05) is 31.9 Å². The van der Waals surface area contributed by atoms with Gasteiger partial charge in [-0.25, -0.2) is 0 Å². The van der Waals surface area contributed by atoms with Crippen LogP contribution in [0.1, 0.15) is 44.8 Å². The number of aliphatic hydroxyl groups is 1. The van der Waals surface area contributed by atoms with Gasteiger partial charge in [-0.15, -0.1) is 0 Å². The summed E-state index contributed by atoms with van der Waals surface area (Å²) in [5, 5.41) is 13.6. The lowest BCUT2D eigenvalue weighted by atomic mass is 10.1. The average molecular weight is 251 g/mol. The van der Waals surface area contributed by atoms with Gasteiger partial charge in [0.05, 0.1) is 5.69 Å².